The molecule has 1 nitrogen and oxygen atoms in total. The summed E-state index contributed by atoms with van der Waals surface area (Å²) in [6, 6.07) is 5.68. The second-order valence-electron chi connectivity index (χ2n) is 1.90. The van der Waals surface area contributed by atoms with Crippen LogP contribution in [0.1, 0.15) is 11.1 Å². The van der Waals surface area contributed by atoms with Gasteiger partial charge in [0.2, 0.25) is 0 Å². The van der Waals surface area contributed by atoms with Crippen molar-refractivity contribution in [3.63, 3.8) is 0 Å². The summed E-state index contributed by atoms with van der Waals surface area (Å²) in [4.78, 5) is 4.07. The van der Waals surface area contributed by atoms with E-state index in [1.54, 1.807) is 6.20 Å². The minimum absolute atomic E-state index is 0.0652. The number of halogens is 1. The van der Waals surface area contributed by atoms with Crippen molar-refractivity contribution in [2.24, 2.45) is 0 Å². The second kappa shape index (κ2) is 3.84. The maximum absolute atomic E-state index is 5.85. The highest BCUT2D eigenvalue weighted by Gasteiger charge is 2.04. The molecule has 1 rings (SSSR count). The third-order valence-electron chi connectivity index (χ3n) is 1.17. The van der Waals surface area contributed by atoms with Crippen molar-refractivity contribution in [1.29, 1.82) is 0 Å². The van der Waals surface area contributed by atoms with Crippen LogP contribution in [0.5, 0.6) is 0 Å². The predicted octanol–water partition coefficient (Wildman–Crippen LogP) is 2.29. The summed E-state index contributed by atoms with van der Waals surface area (Å²) in [5.74, 6) is 0.624. The first-order chi connectivity index (χ1) is 4.84. The van der Waals surface area contributed by atoms with Crippen LogP contribution in [0.2, 0.25) is 0 Å². The molecule has 0 saturated carbocycles. The minimum atomic E-state index is -0.0652. The van der Waals surface area contributed by atoms with Crippen LogP contribution in [0.3, 0.4) is 0 Å². The van der Waals surface area contributed by atoms with Gasteiger partial charge in [0.1, 0.15) is 0 Å². The first-order valence-electron chi connectivity index (χ1n) is 3.00. The fourth-order valence-electron chi connectivity index (χ4n) is 0.655. The largest absolute Gasteiger partial charge is 0.260 e. The van der Waals surface area contributed by atoms with E-state index in [4.69, 9.17) is 11.6 Å². The molecule has 0 aliphatic carbocycles. The normalized spacial score (nSPS) is 13.0. The van der Waals surface area contributed by atoms with Gasteiger partial charge in [0.05, 0.1) is 11.1 Å². The van der Waals surface area contributed by atoms with Gasteiger partial charge in [-0.15, -0.1) is 11.6 Å². The molecule has 10 heavy (non-hydrogen) atoms. The standard InChI is InChI=1S/C7H8ClNS/c8-6(5-10)7-3-1-2-4-9-7/h1-4,6,10H,5H2. The molecule has 1 aromatic heterocycles. The smallest absolute Gasteiger partial charge is 0.0844 e. The van der Waals surface area contributed by atoms with Crippen LogP contribution < -0.4 is 0 Å². The monoisotopic (exact) mass is 173 g/mol. The average Bonchev–Trinajstić information content (AvgIpc) is 2.05. The van der Waals surface area contributed by atoms with Gasteiger partial charge in [-0.25, -0.2) is 0 Å². The quantitative estimate of drug-likeness (QED) is 0.535. The lowest BCUT2D eigenvalue weighted by molar-refractivity contribution is 1.01. The second-order valence-corrected chi connectivity index (χ2v) is 2.80. The van der Waals surface area contributed by atoms with Crippen LogP contribution >= 0.6 is 24.2 Å². The first-order valence-corrected chi connectivity index (χ1v) is 4.07. The molecule has 1 aromatic rings. The lowest BCUT2D eigenvalue weighted by atomic mass is 10.3. The van der Waals surface area contributed by atoms with E-state index in [2.05, 4.69) is 17.6 Å². The van der Waals surface area contributed by atoms with Gasteiger partial charge in [-0.3, -0.25) is 4.98 Å². The molecule has 0 radical (unpaired) electrons. The predicted molar refractivity (Wildman–Crippen MR) is 46.7 cm³/mol. The molecule has 0 aliphatic rings. The van der Waals surface area contributed by atoms with Crippen molar-refractivity contribution >= 4 is 24.2 Å². The van der Waals surface area contributed by atoms with Crippen LogP contribution in [-0.4, -0.2) is 10.7 Å². The highest BCUT2D eigenvalue weighted by Crippen LogP contribution is 2.17. The zero-order valence-corrected chi connectivity index (χ0v) is 7.02. The Morgan fingerprint density at radius 2 is 2.40 bits per heavy atom. The molecule has 0 N–H and O–H groups in total. The molecule has 0 spiro atoms. The van der Waals surface area contributed by atoms with Crippen molar-refractivity contribution in [1.82, 2.24) is 4.98 Å². The first kappa shape index (κ1) is 7.89. The molecular weight excluding hydrogens is 166 g/mol. The molecule has 1 unspecified atom stereocenters. The summed E-state index contributed by atoms with van der Waals surface area (Å²) in [5.41, 5.74) is 0.888. The molecule has 1 heterocycles. The van der Waals surface area contributed by atoms with Crippen LogP contribution in [0.4, 0.5) is 0 Å². The number of nitrogens with zero attached hydrogens (tertiary/aromatic N) is 1. The van der Waals surface area contributed by atoms with E-state index in [0.717, 1.165) is 5.69 Å². The van der Waals surface area contributed by atoms with Crippen molar-refractivity contribution in [3.8, 4) is 0 Å². The topological polar surface area (TPSA) is 12.9 Å². The molecule has 0 saturated heterocycles. The van der Waals surface area contributed by atoms with Crippen LogP contribution in [-0.2, 0) is 0 Å². The molecule has 0 aromatic carbocycles. The lowest BCUT2D eigenvalue weighted by Gasteiger charge is -2.02. The maximum atomic E-state index is 5.85. The van der Waals surface area contributed by atoms with Gasteiger partial charge in [-0.05, 0) is 12.1 Å². The summed E-state index contributed by atoms with van der Waals surface area (Å²) in [6.07, 6.45) is 1.73. The van der Waals surface area contributed by atoms with E-state index in [-0.39, 0.29) is 5.38 Å². The summed E-state index contributed by atoms with van der Waals surface area (Å²) in [7, 11) is 0. The van der Waals surface area contributed by atoms with Gasteiger partial charge in [0, 0.05) is 11.9 Å². The van der Waals surface area contributed by atoms with Crippen LogP contribution in [0.15, 0.2) is 24.4 Å². The third kappa shape index (κ3) is 1.89. The fraction of sp³-hybridized carbons (Fsp3) is 0.286. The van der Waals surface area contributed by atoms with Gasteiger partial charge >= 0.3 is 0 Å². The molecule has 54 valence electrons. The Kier molecular flexibility index (Phi) is 3.03. The summed E-state index contributed by atoms with van der Waals surface area (Å²) < 4.78 is 0. The highest BCUT2D eigenvalue weighted by atomic mass is 35.5. The molecule has 0 bridgehead atoms. The molecule has 0 fully saturated rings. The SMILES string of the molecule is SCC(Cl)c1ccccn1. The van der Waals surface area contributed by atoms with Crippen molar-refractivity contribution in [3.05, 3.63) is 30.1 Å². The fourth-order valence-corrected chi connectivity index (χ4v) is 0.971. The van der Waals surface area contributed by atoms with Gasteiger partial charge in [0.15, 0.2) is 0 Å². The van der Waals surface area contributed by atoms with Crippen molar-refractivity contribution in [2.45, 2.75) is 5.38 Å². The van der Waals surface area contributed by atoms with E-state index < -0.39 is 0 Å². The average molecular weight is 174 g/mol. The number of thiol groups is 1. The zero-order chi connectivity index (χ0) is 7.40. The Labute approximate surface area is 70.8 Å². The highest BCUT2D eigenvalue weighted by molar-refractivity contribution is 7.80. The Bertz CT molecular complexity index is 190. The number of pyridine rings is 1. The summed E-state index contributed by atoms with van der Waals surface area (Å²) in [5, 5.41) is -0.0652. The van der Waals surface area contributed by atoms with E-state index in [9.17, 15) is 0 Å². The number of alkyl halides is 1. The van der Waals surface area contributed by atoms with E-state index in [0.29, 0.717) is 5.75 Å². The summed E-state index contributed by atoms with van der Waals surface area (Å²) >= 11 is 9.91. The molecular formula is C7H8ClNS. The number of hydrogen-bond donors (Lipinski definition) is 1. The Hall–Kier alpha value is -0.210. The zero-order valence-electron chi connectivity index (χ0n) is 5.37. The van der Waals surface area contributed by atoms with Crippen molar-refractivity contribution in [2.75, 3.05) is 5.75 Å². The molecule has 0 amide bonds. The lowest BCUT2D eigenvalue weighted by Crippen LogP contribution is -1.93. The van der Waals surface area contributed by atoms with Crippen LogP contribution in [0.25, 0.3) is 0 Å². The Morgan fingerprint density at radius 1 is 1.60 bits per heavy atom. The molecule has 3 heteroatoms. The summed E-state index contributed by atoms with van der Waals surface area (Å²) in [6.45, 7) is 0. The number of aromatic nitrogens is 1. The van der Waals surface area contributed by atoms with E-state index >= 15 is 0 Å². The third-order valence-corrected chi connectivity index (χ3v) is 2.13. The Morgan fingerprint density at radius 3 is 2.90 bits per heavy atom. The van der Waals surface area contributed by atoms with Crippen molar-refractivity contribution < 1.29 is 0 Å². The number of rotatable bonds is 2. The Balaban J connectivity index is 2.75. The van der Waals surface area contributed by atoms with Gasteiger partial charge < -0.3 is 0 Å². The van der Waals surface area contributed by atoms with E-state index in [1.807, 2.05) is 18.2 Å². The van der Waals surface area contributed by atoms with Crippen LogP contribution in [0, 0.1) is 0 Å². The number of hydrogen-bond acceptors (Lipinski definition) is 2. The van der Waals surface area contributed by atoms with Gasteiger partial charge in [-0.2, -0.15) is 12.6 Å². The molecule has 1 atom stereocenters. The van der Waals surface area contributed by atoms with Gasteiger partial charge in [0.25, 0.3) is 0 Å². The van der Waals surface area contributed by atoms with Gasteiger partial charge in [-0.1, -0.05) is 6.07 Å². The maximum Gasteiger partial charge on any atom is 0.0844 e. The van der Waals surface area contributed by atoms with E-state index in [1.165, 1.54) is 0 Å². The minimum Gasteiger partial charge on any atom is -0.260 e. The molecule has 0 aliphatic heterocycles.